The summed E-state index contributed by atoms with van der Waals surface area (Å²) < 4.78 is 17.5. The van der Waals surface area contributed by atoms with E-state index in [1.807, 2.05) is 35.3 Å². The molecule has 0 saturated carbocycles. The molecule has 0 radical (unpaired) electrons. The van der Waals surface area contributed by atoms with Crippen molar-refractivity contribution in [2.45, 2.75) is 80.1 Å². The second kappa shape index (κ2) is 22.4. The second-order valence-electron chi connectivity index (χ2n) is 10.2. The Morgan fingerprint density at radius 2 is 0.750 bits per heavy atom. The highest BCUT2D eigenvalue weighted by molar-refractivity contribution is 7.99. The fourth-order valence-electron chi connectivity index (χ4n) is 2.75. The number of hydrogen-bond donors (Lipinski definition) is 0. The summed E-state index contributed by atoms with van der Waals surface area (Å²) in [7, 11) is 0. The van der Waals surface area contributed by atoms with Gasteiger partial charge in [0.25, 0.3) is 0 Å². The molecule has 0 fully saturated rings. The summed E-state index contributed by atoms with van der Waals surface area (Å²) in [4.78, 5) is 13.1. The monoisotopic (exact) mass is 561 g/mol. The highest BCUT2D eigenvalue weighted by Crippen LogP contribution is 2.17. The molecule has 0 aliphatic heterocycles. The molecule has 0 aromatic carbocycles. The topological polar surface area (TPSA) is 66.4 Å². The first-order valence-corrected chi connectivity index (χ1v) is 17.2. The Morgan fingerprint density at radius 1 is 0.472 bits per heavy atom. The van der Waals surface area contributed by atoms with E-state index in [9.17, 15) is 0 Å². The zero-order valence-corrected chi connectivity index (χ0v) is 26.1. The Kier molecular flexibility index (Phi) is 20.9. The zero-order chi connectivity index (χ0) is 26.4. The molecular formula is C27H51N3O3S3. The van der Waals surface area contributed by atoms with Crippen LogP contribution >= 0.6 is 35.3 Å². The Bertz CT molecular complexity index is 554. The largest absolute Gasteiger partial charge is 0.463 e. The van der Waals surface area contributed by atoms with Gasteiger partial charge in [0.1, 0.15) is 0 Å². The quantitative estimate of drug-likeness (QED) is 0.119. The van der Waals surface area contributed by atoms with Gasteiger partial charge in [-0.05, 0) is 90.8 Å². The first-order valence-electron chi connectivity index (χ1n) is 13.7. The van der Waals surface area contributed by atoms with Gasteiger partial charge in [-0.15, -0.1) is 15.0 Å². The van der Waals surface area contributed by atoms with E-state index in [0.29, 0.717) is 37.9 Å². The molecule has 210 valence electrons. The smallest absolute Gasteiger partial charge is 0.325 e. The summed E-state index contributed by atoms with van der Waals surface area (Å²) in [6, 6.07) is 0.874. The van der Waals surface area contributed by atoms with Crippen LogP contribution in [0.2, 0.25) is 0 Å². The predicted octanol–water partition coefficient (Wildman–Crippen LogP) is 7.52. The van der Waals surface area contributed by atoms with Gasteiger partial charge in [0, 0.05) is 0 Å². The lowest BCUT2D eigenvalue weighted by Gasteiger charge is -2.10. The van der Waals surface area contributed by atoms with Crippen molar-refractivity contribution in [3.63, 3.8) is 0 Å². The Morgan fingerprint density at radius 3 is 1.00 bits per heavy atom. The van der Waals surface area contributed by atoms with E-state index in [1.165, 1.54) is 36.5 Å². The van der Waals surface area contributed by atoms with Crippen molar-refractivity contribution < 1.29 is 14.2 Å². The molecule has 0 amide bonds. The molecule has 9 heteroatoms. The third kappa shape index (κ3) is 20.5. The molecule has 1 aromatic heterocycles. The maximum atomic E-state index is 5.83. The molecule has 1 heterocycles. The molecule has 0 N–H and O–H groups in total. The molecule has 0 bridgehead atoms. The molecule has 0 atom stereocenters. The highest BCUT2D eigenvalue weighted by atomic mass is 32.2. The van der Waals surface area contributed by atoms with Gasteiger partial charge >= 0.3 is 18.0 Å². The highest BCUT2D eigenvalue weighted by Gasteiger charge is 2.10. The Balaban J connectivity index is 2.44. The summed E-state index contributed by atoms with van der Waals surface area (Å²) in [5.41, 5.74) is 0. The van der Waals surface area contributed by atoms with Crippen molar-refractivity contribution in [3.8, 4) is 18.0 Å². The molecule has 0 unspecified atom stereocenters. The van der Waals surface area contributed by atoms with Crippen LogP contribution in [0.3, 0.4) is 0 Å². The molecule has 36 heavy (non-hydrogen) atoms. The van der Waals surface area contributed by atoms with E-state index in [2.05, 4.69) is 56.5 Å². The van der Waals surface area contributed by atoms with Crippen molar-refractivity contribution in [2.24, 2.45) is 17.8 Å². The van der Waals surface area contributed by atoms with Crippen LogP contribution in [-0.4, -0.2) is 69.3 Å². The van der Waals surface area contributed by atoms with E-state index in [-0.39, 0.29) is 0 Å². The Labute approximate surface area is 234 Å². The van der Waals surface area contributed by atoms with Crippen LogP contribution < -0.4 is 14.2 Å². The average Bonchev–Trinajstić information content (AvgIpc) is 2.81. The van der Waals surface area contributed by atoms with Gasteiger partial charge in [0.2, 0.25) is 0 Å². The van der Waals surface area contributed by atoms with Gasteiger partial charge in [-0.3, -0.25) is 0 Å². The minimum absolute atomic E-state index is 0.291. The third-order valence-corrected chi connectivity index (χ3v) is 8.39. The second-order valence-corrected chi connectivity index (χ2v) is 13.8. The maximum absolute atomic E-state index is 5.83. The summed E-state index contributed by atoms with van der Waals surface area (Å²) in [6.07, 6.45) is 6.65. The predicted molar refractivity (Wildman–Crippen MR) is 161 cm³/mol. The van der Waals surface area contributed by atoms with Crippen molar-refractivity contribution in [2.75, 3.05) is 54.3 Å². The van der Waals surface area contributed by atoms with Gasteiger partial charge in [0.15, 0.2) is 0 Å². The molecular weight excluding hydrogens is 511 g/mol. The molecule has 1 aromatic rings. The normalized spacial score (nSPS) is 11.6. The van der Waals surface area contributed by atoms with Crippen LogP contribution in [0.15, 0.2) is 0 Å². The number of rotatable bonds is 24. The van der Waals surface area contributed by atoms with E-state index >= 15 is 0 Å². The number of aromatic nitrogens is 3. The van der Waals surface area contributed by atoms with Crippen LogP contribution in [-0.2, 0) is 0 Å². The number of ether oxygens (including phenoxy) is 3. The SMILES string of the molecule is CC(C)CCSCCCOc1nc(OCCCSCCC(C)C)nc(OCCCSCCC(C)C)n1. The maximum Gasteiger partial charge on any atom is 0.325 e. The van der Waals surface area contributed by atoms with Gasteiger partial charge in [-0.1, -0.05) is 41.5 Å². The van der Waals surface area contributed by atoms with E-state index in [1.54, 1.807) is 0 Å². The van der Waals surface area contributed by atoms with E-state index in [0.717, 1.165) is 54.3 Å². The molecule has 6 nitrogen and oxygen atoms in total. The lowest BCUT2D eigenvalue weighted by molar-refractivity contribution is 0.236. The third-order valence-electron chi connectivity index (χ3n) is 5.09. The fourth-order valence-corrected chi connectivity index (χ4v) is 6.24. The first kappa shape index (κ1) is 33.5. The van der Waals surface area contributed by atoms with Crippen molar-refractivity contribution in [3.05, 3.63) is 0 Å². The first-order chi connectivity index (χ1) is 17.4. The van der Waals surface area contributed by atoms with Crippen molar-refractivity contribution in [1.29, 1.82) is 0 Å². The Hall–Kier alpha value is -0.540. The standard InChI is InChI=1S/C27H51N3O3S3/c1-22(2)10-19-34-16-7-13-31-25-28-26(32-14-8-17-35-20-11-23(3)4)30-27(29-25)33-15-9-18-36-21-12-24(5)6/h22-24H,7-21H2,1-6H3. The average molecular weight is 562 g/mol. The minimum Gasteiger partial charge on any atom is -0.463 e. The number of thioether (sulfide) groups is 3. The summed E-state index contributed by atoms with van der Waals surface area (Å²) >= 11 is 5.93. The van der Waals surface area contributed by atoms with Gasteiger partial charge in [-0.2, -0.15) is 35.3 Å². The fraction of sp³-hybridized carbons (Fsp3) is 0.889. The molecule has 0 aliphatic rings. The van der Waals surface area contributed by atoms with Gasteiger partial charge in [-0.25, -0.2) is 0 Å². The number of nitrogens with zero attached hydrogens (tertiary/aromatic N) is 3. The molecule has 0 spiro atoms. The molecule has 0 aliphatic carbocycles. The molecule has 1 rings (SSSR count). The molecule has 0 saturated heterocycles. The number of hydrogen-bond acceptors (Lipinski definition) is 9. The lowest BCUT2D eigenvalue weighted by atomic mass is 10.2. The van der Waals surface area contributed by atoms with E-state index in [4.69, 9.17) is 14.2 Å². The van der Waals surface area contributed by atoms with Crippen LogP contribution in [0, 0.1) is 17.8 Å². The minimum atomic E-state index is 0.291. The van der Waals surface area contributed by atoms with Crippen LogP contribution in [0.1, 0.15) is 80.1 Å². The summed E-state index contributed by atoms with van der Waals surface area (Å²) in [5.74, 6) is 9.10. The van der Waals surface area contributed by atoms with E-state index < -0.39 is 0 Å². The zero-order valence-electron chi connectivity index (χ0n) is 23.6. The summed E-state index contributed by atoms with van der Waals surface area (Å²) in [5, 5.41) is 0. The van der Waals surface area contributed by atoms with Crippen molar-refractivity contribution in [1.82, 2.24) is 15.0 Å². The summed E-state index contributed by atoms with van der Waals surface area (Å²) in [6.45, 7) is 15.3. The lowest BCUT2D eigenvalue weighted by Crippen LogP contribution is -2.10. The van der Waals surface area contributed by atoms with Crippen LogP contribution in [0.25, 0.3) is 0 Å². The van der Waals surface area contributed by atoms with Crippen LogP contribution in [0.4, 0.5) is 0 Å². The van der Waals surface area contributed by atoms with Gasteiger partial charge < -0.3 is 14.2 Å². The van der Waals surface area contributed by atoms with Gasteiger partial charge in [0.05, 0.1) is 19.8 Å². The van der Waals surface area contributed by atoms with Crippen molar-refractivity contribution >= 4 is 35.3 Å². The van der Waals surface area contributed by atoms with Crippen LogP contribution in [0.5, 0.6) is 18.0 Å².